The molecule has 0 saturated heterocycles. The van der Waals surface area contributed by atoms with Gasteiger partial charge in [-0.1, -0.05) is 58.3 Å². The Hall–Kier alpha value is -1.87. The summed E-state index contributed by atoms with van der Waals surface area (Å²) in [4.78, 5) is 27.3. The molecule has 0 fully saturated rings. The number of esters is 2. The van der Waals surface area contributed by atoms with Gasteiger partial charge >= 0.3 is 11.9 Å². The van der Waals surface area contributed by atoms with E-state index in [0.29, 0.717) is 25.8 Å². The summed E-state index contributed by atoms with van der Waals surface area (Å²) in [6, 6.07) is -0.819. The quantitative estimate of drug-likeness (QED) is 0.104. The lowest BCUT2D eigenvalue weighted by atomic mass is 10.1. The summed E-state index contributed by atoms with van der Waals surface area (Å²) in [5.74, 6) is -0.985. The van der Waals surface area contributed by atoms with Gasteiger partial charge in [0.05, 0.1) is 0 Å². The Morgan fingerprint density at radius 3 is 2.07 bits per heavy atom. The van der Waals surface area contributed by atoms with Crippen molar-refractivity contribution in [3.05, 3.63) is 0 Å². The highest BCUT2D eigenvalue weighted by molar-refractivity contribution is 5.76. The summed E-state index contributed by atoms with van der Waals surface area (Å²) in [6.45, 7) is 2.11. The van der Waals surface area contributed by atoms with Gasteiger partial charge in [0, 0.05) is 13.0 Å². The third-order valence-corrected chi connectivity index (χ3v) is 4.61. The van der Waals surface area contributed by atoms with Crippen LogP contribution < -0.4 is 17.2 Å². The van der Waals surface area contributed by atoms with Crippen LogP contribution in [0.4, 0.5) is 0 Å². The molecule has 0 aliphatic heterocycles. The molecule has 0 saturated carbocycles. The third-order valence-electron chi connectivity index (χ3n) is 4.61. The second-order valence-electron chi connectivity index (χ2n) is 7.60. The second kappa shape index (κ2) is 19.1. The monoisotopic (exact) mass is 430 g/mol. The number of unbranched alkanes of at least 4 members (excludes halogenated alkanes) is 8. The zero-order chi connectivity index (χ0) is 22.6. The Morgan fingerprint density at radius 1 is 0.900 bits per heavy atom. The van der Waals surface area contributed by atoms with Gasteiger partial charge in [0.15, 0.2) is 5.96 Å². The van der Waals surface area contributed by atoms with Crippen LogP contribution in [0.1, 0.15) is 84.0 Å². The SMILES string of the molecule is CCCCCCCCCCCC(=O)OC[C@@H](O)COC(=O)[C@@H](N)CCCN=C(N)N. The number of aliphatic hydroxyl groups excluding tert-OH is 1. The molecule has 0 bridgehead atoms. The smallest absolute Gasteiger partial charge is 0.323 e. The van der Waals surface area contributed by atoms with Gasteiger partial charge in [-0.25, -0.2) is 0 Å². The lowest BCUT2D eigenvalue weighted by Gasteiger charge is -2.14. The normalized spacial score (nSPS) is 12.8. The lowest BCUT2D eigenvalue weighted by Crippen LogP contribution is -2.35. The fourth-order valence-electron chi connectivity index (χ4n) is 2.81. The average molecular weight is 431 g/mol. The molecule has 2 atom stereocenters. The number of guanidine groups is 1. The minimum Gasteiger partial charge on any atom is -0.463 e. The number of nitrogens with two attached hydrogens (primary N) is 3. The van der Waals surface area contributed by atoms with Crippen LogP contribution in [-0.2, 0) is 19.1 Å². The zero-order valence-electron chi connectivity index (χ0n) is 18.5. The fourth-order valence-corrected chi connectivity index (χ4v) is 2.81. The maximum absolute atomic E-state index is 11.8. The van der Waals surface area contributed by atoms with E-state index in [4.69, 9.17) is 26.7 Å². The summed E-state index contributed by atoms with van der Waals surface area (Å²) in [5, 5.41) is 9.79. The fraction of sp³-hybridized carbons (Fsp3) is 0.857. The van der Waals surface area contributed by atoms with Crippen LogP contribution in [0, 0.1) is 0 Å². The average Bonchev–Trinajstić information content (AvgIpc) is 2.71. The molecule has 0 aromatic rings. The number of hydrogen-bond acceptors (Lipinski definition) is 7. The number of carbonyl (C=O) groups excluding carboxylic acids is 2. The molecular formula is C21H42N4O5. The molecule has 0 heterocycles. The zero-order valence-corrected chi connectivity index (χ0v) is 18.5. The van der Waals surface area contributed by atoms with E-state index < -0.39 is 18.1 Å². The summed E-state index contributed by atoms with van der Waals surface area (Å²) >= 11 is 0. The van der Waals surface area contributed by atoms with Gasteiger partial charge in [-0.2, -0.15) is 0 Å². The number of aliphatic hydroxyl groups is 1. The van der Waals surface area contributed by atoms with Gasteiger partial charge in [0.25, 0.3) is 0 Å². The van der Waals surface area contributed by atoms with Crippen molar-refractivity contribution in [3.63, 3.8) is 0 Å². The molecule has 0 aliphatic carbocycles. The van der Waals surface area contributed by atoms with Gasteiger partial charge < -0.3 is 31.8 Å². The molecule has 30 heavy (non-hydrogen) atoms. The van der Waals surface area contributed by atoms with Crippen LogP contribution in [0.2, 0.25) is 0 Å². The molecular weight excluding hydrogens is 388 g/mol. The number of nitrogens with zero attached hydrogens (tertiary/aromatic N) is 1. The molecule has 0 aliphatic rings. The van der Waals surface area contributed by atoms with Crippen molar-refractivity contribution in [2.75, 3.05) is 19.8 Å². The van der Waals surface area contributed by atoms with Crippen LogP contribution in [0.5, 0.6) is 0 Å². The molecule has 0 unspecified atom stereocenters. The summed E-state index contributed by atoms with van der Waals surface area (Å²) in [6.07, 6.45) is 10.7. The first kappa shape index (κ1) is 28.1. The van der Waals surface area contributed by atoms with Crippen molar-refractivity contribution >= 4 is 17.9 Å². The highest BCUT2D eigenvalue weighted by atomic mass is 16.6. The Balaban J connectivity index is 3.65. The largest absolute Gasteiger partial charge is 0.463 e. The number of rotatable bonds is 19. The predicted octanol–water partition coefficient (Wildman–Crippen LogP) is 1.74. The molecule has 9 heteroatoms. The third kappa shape index (κ3) is 18.2. The van der Waals surface area contributed by atoms with Crippen molar-refractivity contribution in [1.82, 2.24) is 0 Å². The molecule has 0 spiro atoms. The van der Waals surface area contributed by atoms with E-state index in [0.717, 1.165) is 19.3 Å². The first-order valence-electron chi connectivity index (χ1n) is 11.2. The predicted molar refractivity (Wildman–Crippen MR) is 118 cm³/mol. The number of hydrogen-bond donors (Lipinski definition) is 4. The lowest BCUT2D eigenvalue weighted by molar-refractivity contribution is -0.153. The van der Waals surface area contributed by atoms with E-state index in [9.17, 15) is 14.7 Å². The van der Waals surface area contributed by atoms with Gasteiger partial charge in [0.1, 0.15) is 25.4 Å². The molecule has 0 rings (SSSR count). The van der Waals surface area contributed by atoms with Crippen LogP contribution in [0.3, 0.4) is 0 Å². The van der Waals surface area contributed by atoms with E-state index in [2.05, 4.69) is 11.9 Å². The summed E-state index contributed by atoms with van der Waals surface area (Å²) < 4.78 is 9.97. The van der Waals surface area contributed by atoms with E-state index in [1.54, 1.807) is 0 Å². The molecule has 176 valence electrons. The van der Waals surface area contributed by atoms with Crippen molar-refractivity contribution in [2.45, 2.75) is 96.1 Å². The first-order valence-corrected chi connectivity index (χ1v) is 11.2. The molecule has 0 aromatic carbocycles. The molecule has 9 nitrogen and oxygen atoms in total. The first-order chi connectivity index (χ1) is 14.4. The van der Waals surface area contributed by atoms with Gasteiger partial charge in [0.2, 0.25) is 0 Å². The standard InChI is InChI=1S/C21H42N4O5/c1-2-3-4-5-6-7-8-9-10-13-19(27)29-15-17(26)16-30-20(28)18(22)12-11-14-25-21(23)24/h17-18,26H,2-16,22H2,1H3,(H4,23,24,25)/t17-,18+/m1/s1. The molecule has 0 amide bonds. The minimum absolute atomic E-state index is 0.0124. The van der Waals surface area contributed by atoms with Gasteiger partial charge in [-0.05, 0) is 19.3 Å². The van der Waals surface area contributed by atoms with E-state index in [1.165, 1.54) is 38.5 Å². The van der Waals surface area contributed by atoms with Crippen molar-refractivity contribution in [2.24, 2.45) is 22.2 Å². The number of carbonyl (C=O) groups is 2. The Morgan fingerprint density at radius 2 is 1.47 bits per heavy atom. The van der Waals surface area contributed by atoms with E-state index in [1.807, 2.05) is 0 Å². The van der Waals surface area contributed by atoms with Crippen molar-refractivity contribution in [3.8, 4) is 0 Å². The maximum Gasteiger partial charge on any atom is 0.323 e. The highest BCUT2D eigenvalue weighted by Gasteiger charge is 2.17. The topological polar surface area (TPSA) is 163 Å². The second-order valence-corrected chi connectivity index (χ2v) is 7.60. The van der Waals surface area contributed by atoms with E-state index in [-0.39, 0.29) is 25.1 Å². The van der Waals surface area contributed by atoms with Crippen LogP contribution >= 0.6 is 0 Å². The van der Waals surface area contributed by atoms with Gasteiger partial charge in [-0.3, -0.25) is 14.6 Å². The number of aliphatic imine (C=N–C) groups is 1. The Labute approximate surface area is 180 Å². The summed E-state index contributed by atoms with van der Waals surface area (Å²) in [5.41, 5.74) is 16.1. The maximum atomic E-state index is 11.8. The van der Waals surface area contributed by atoms with Crippen LogP contribution in [0.15, 0.2) is 4.99 Å². The van der Waals surface area contributed by atoms with Crippen LogP contribution in [0.25, 0.3) is 0 Å². The van der Waals surface area contributed by atoms with E-state index >= 15 is 0 Å². The molecule has 0 aromatic heterocycles. The van der Waals surface area contributed by atoms with Crippen molar-refractivity contribution < 1.29 is 24.2 Å². The summed E-state index contributed by atoms with van der Waals surface area (Å²) in [7, 11) is 0. The van der Waals surface area contributed by atoms with Crippen LogP contribution in [-0.4, -0.2) is 54.9 Å². The number of ether oxygens (including phenoxy) is 2. The minimum atomic E-state index is -1.07. The Bertz CT molecular complexity index is 484. The Kier molecular flexibility index (Phi) is 17.9. The highest BCUT2D eigenvalue weighted by Crippen LogP contribution is 2.10. The van der Waals surface area contributed by atoms with Crippen molar-refractivity contribution in [1.29, 1.82) is 0 Å². The van der Waals surface area contributed by atoms with Gasteiger partial charge in [-0.15, -0.1) is 0 Å². The molecule has 7 N–H and O–H groups in total. The molecule has 0 radical (unpaired) electrons.